The van der Waals surface area contributed by atoms with Crippen LogP contribution in [0.1, 0.15) is 90.9 Å². The molecule has 1 rings (SSSR count). The first-order valence-corrected chi connectivity index (χ1v) is 8.66. The fourth-order valence-electron chi connectivity index (χ4n) is 3.45. The molecule has 0 aromatic rings. The van der Waals surface area contributed by atoms with Gasteiger partial charge >= 0.3 is 0 Å². The van der Waals surface area contributed by atoms with E-state index in [1.165, 1.54) is 44.9 Å². The molecular weight excluding hydrogens is 248 g/mol. The summed E-state index contributed by atoms with van der Waals surface area (Å²) in [4.78, 5) is 24.1. The Morgan fingerprint density at radius 2 is 1.30 bits per heavy atom. The van der Waals surface area contributed by atoms with Crippen molar-refractivity contribution in [1.29, 1.82) is 0 Å². The molecular formula is C18H32O2. The topological polar surface area (TPSA) is 34.1 Å². The van der Waals surface area contributed by atoms with Crippen molar-refractivity contribution < 1.29 is 9.59 Å². The molecule has 0 aliphatic heterocycles. The quantitative estimate of drug-likeness (QED) is 0.627. The second kappa shape index (κ2) is 10.1. The Morgan fingerprint density at radius 1 is 0.850 bits per heavy atom. The maximum atomic E-state index is 12.3. The molecule has 1 aliphatic carbocycles. The maximum Gasteiger partial charge on any atom is 0.143 e. The van der Waals surface area contributed by atoms with Crippen LogP contribution >= 0.6 is 0 Å². The van der Waals surface area contributed by atoms with Gasteiger partial charge in [-0.15, -0.1) is 0 Å². The monoisotopic (exact) mass is 280 g/mol. The fourth-order valence-corrected chi connectivity index (χ4v) is 3.45. The highest BCUT2D eigenvalue weighted by Gasteiger charge is 2.28. The predicted octanol–water partition coefficient (Wildman–Crippen LogP) is 5.09. The highest BCUT2D eigenvalue weighted by Crippen LogP contribution is 2.24. The van der Waals surface area contributed by atoms with E-state index in [4.69, 9.17) is 0 Å². The number of hydrogen-bond donors (Lipinski definition) is 0. The lowest BCUT2D eigenvalue weighted by atomic mass is 9.82. The number of rotatable bonds is 1. The number of carbonyl (C=O) groups is 2. The Labute approximate surface area is 124 Å². The number of carbonyl (C=O) groups excluding carboxylic acids is 2. The molecule has 0 radical (unpaired) electrons. The molecule has 0 bridgehead atoms. The molecule has 0 heterocycles. The van der Waals surface area contributed by atoms with E-state index in [9.17, 15) is 9.59 Å². The Kier molecular flexibility index (Phi) is 8.80. The molecule has 0 aromatic heterocycles. The molecule has 2 unspecified atom stereocenters. The SMILES string of the molecule is CC(=O)C1C(=O)CCCCCCCCCCCCC1C. The third kappa shape index (κ3) is 6.67. The largest absolute Gasteiger partial charge is 0.299 e. The van der Waals surface area contributed by atoms with Crippen LogP contribution in [0.5, 0.6) is 0 Å². The second-order valence-corrected chi connectivity index (χ2v) is 6.61. The van der Waals surface area contributed by atoms with Crippen LogP contribution in [0.2, 0.25) is 0 Å². The molecule has 0 N–H and O–H groups in total. The lowest BCUT2D eigenvalue weighted by Crippen LogP contribution is -2.28. The summed E-state index contributed by atoms with van der Waals surface area (Å²) in [6.07, 6.45) is 14.1. The molecule has 0 spiro atoms. The van der Waals surface area contributed by atoms with Crippen LogP contribution in [0, 0.1) is 11.8 Å². The minimum Gasteiger partial charge on any atom is -0.299 e. The predicted molar refractivity (Wildman–Crippen MR) is 83.7 cm³/mol. The van der Waals surface area contributed by atoms with E-state index < -0.39 is 0 Å². The third-order valence-electron chi connectivity index (χ3n) is 4.69. The summed E-state index contributed by atoms with van der Waals surface area (Å²) in [5.41, 5.74) is 0. The van der Waals surface area contributed by atoms with Crippen molar-refractivity contribution in [2.24, 2.45) is 11.8 Å². The van der Waals surface area contributed by atoms with Gasteiger partial charge in [-0.1, -0.05) is 64.7 Å². The summed E-state index contributed by atoms with van der Waals surface area (Å²) in [6, 6.07) is 0. The Morgan fingerprint density at radius 3 is 1.80 bits per heavy atom. The fraction of sp³-hybridized carbons (Fsp3) is 0.889. The Bertz CT molecular complexity index is 296. The normalized spacial score (nSPS) is 28.4. The van der Waals surface area contributed by atoms with Gasteiger partial charge in [0, 0.05) is 6.42 Å². The molecule has 0 saturated heterocycles. The van der Waals surface area contributed by atoms with Gasteiger partial charge in [0.15, 0.2) is 0 Å². The molecule has 2 atom stereocenters. The van der Waals surface area contributed by atoms with Crippen molar-refractivity contribution in [2.45, 2.75) is 90.9 Å². The van der Waals surface area contributed by atoms with Crippen LogP contribution < -0.4 is 0 Å². The van der Waals surface area contributed by atoms with E-state index in [0.29, 0.717) is 6.42 Å². The molecule has 0 amide bonds. The zero-order chi connectivity index (χ0) is 14.8. The molecule has 1 aliphatic rings. The minimum atomic E-state index is -0.333. The highest BCUT2D eigenvalue weighted by atomic mass is 16.1. The van der Waals surface area contributed by atoms with Crippen molar-refractivity contribution in [3.63, 3.8) is 0 Å². The van der Waals surface area contributed by atoms with E-state index in [1.807, 2.05) is 0 Å². The summed E-state index contributed by atoms with van der Waals surface area (Å²) in [7, 11) is 0. The van der Waals surface area contributed by atoms with E-state index in [2.05, 4.69) is 6.92 Å². The van der Waals surface area contributed by atoms with Crippen molar-refractivity contribution in [3.05, 3.63) is 0 Å². The van der Waals surface area contributed by atoms with Gasteiger partial charge < -0.3 is 0 Å². The summed E-state index contributed by atoms with van der Waals surface area (Å²) in [5.74, 6) is 0.164. The van der Waals surface area contributed by atoms with Gasteiger partial charge in [-0.2, -0.15) is 0 Å². The summed E-state index contributed by atoms with van der Waals surface area (Å²) in [5, 5.41) is 0. The second-order valence-electron chi connectivity index (χ2n) is 6.61. The number of hydrogen-bond acceptors (Lipinski definition) is 2. The first-order chi connectivity index (χ1) is 9.63. The van der Waals surface area contributed by atoms with Crippen LogP contribution in [0.3, 0.4) is 0 Å². The standard InChI is InChI=1S/C18H32O2/c1-15-13-11-9-7-5-3-4-6-8-10-12-14-17(20)18(15)16(2)19/h15,18H,3-14H2,1-2H3. The van der Waals surface area contributed by atoms with Gasteiger partial charge in [-0.3, -0.25) is 9.59 Å². The van der Waals surface area contributed by atoms with Crippen LogP contribution in [-0.2, 0) is 9.59 Å². The van der Waals surface area contributed by atoms with Crippen molar-refractivity contribution >= 4 is 11.6 Å². The molecule has 2 heteroatoms. The van der Waals surface area contributed by atoms with Crippen LogP contribution in [0.25, 0.3) is 0 Å². The van der Waals surface area contributed by atoms with Crippen LogP contribution in [0.15, 0.2) is 0 Å². The van der Waals surface area contributed by atoms with Crippen LogP contribution in [-0.4, -0.2) is 11.6 Å². The van der Waals surface area contributed by atoms with E-state index in [0.717, 1.165) is 25.7 Å². The number of Topliss-reactive ketones (excluding diaryl/α,β-unsaturated/α-hetero) is 2. The van der Waals surface area contributed by atoms with Crippen LogP contribution in [0.4, 0.5) is 0 Å². The summed E-state index contributed by atoms with van der Waals surface area (Å²) >= 11 is 0. The molecule has 1 saturated carbocycles. The molecule has 2 nitrogen and oxygen atoms in total. The summed E-state index contributed by atoms with van der Waals surface area (Å²) in [6.45, 7) is 3.68. The smallest absolute Gasteiger partial charge is 0.143 e. The summed E-state index contributed by atoms with van der Waals surface area (Å²) < 4.78 is 0. The average molecular weight is 280 g/mol. The molecule has 20 heavy (non-hydrogen) atoms. The third-order valence-corrected chi connectivity index (χ3v) is 4.69. The zero-order valence-corrected chi connectivity index (χ0v) is 13.5. The Hall–Kier alpha value is -0.660. The van der Waals surface area contributed by atoms with Gasteiger partial charge in [0.25, 0.3) is 0 Å². The Balaban J connectivity index is 2.54. The lowest BCUT2D eigenvalue weighted by molar-refractivity contribution is -0.133. The van der Waals surface area contributed by atoms with Gasteiger partial charge in [-0.25, -0.2) is 0 Å². The van der Waals surface area contributed by atoms with Gasteiger partial charge in [0.05, 0.1) is 5.92 Å². The molecule has 1 fully saturated rings. The average Bonchev–Trinajstić information content (AvgIpc) is 2.39. The zero-order valence-electron chi connectivity index (χ0n) is 13.5. The lowest BCUT2D eigenvalue weighted by Gasteiger charge is -2.20. The maximum absolute atomic E-state index is 12.3. The minimum absolute atomic E-state index is 0.0758. The van der Waals surface area contributed by atoms with E-state index >= 15 is 0 Å². The van der Waals surface area contributed by atoms with Gasteiger partial charge in [0.2, 0.25) is 0 Å². The highest BCUT2D eigenvalue weighted by molar-refractivity contribution is 6.01. The first-order valence-electron chi connectivity index (χ1n) is 8.66. The van der Waals surface area contributed by atoms with E-state index in [-0.39, 0.29) is 23.4 Å². The van der Waals surface area contributed by atoms with E-state index in [1.54, 1.807) is 6.92 Å². The van der Waals surface area contributed by atoms with Crippen molar-refractivity contribution in [2.75, 3.05) is 0 Å². The first kappa shape index (κ1) is 17.4. The van der Waals surface area contributed by atoms with Crippen molar-refractivity contribution in [3.8, 4) is 0 Å². The number of ketones is 2. The molecule has 116 valence electrons. The van der Waals surface area contributed by atoms with Gasteiger partial charge in [-0.05, 0) is 25.7 Å². The van der Waals surface area contributed by atoms with Gasteiger partial charge in [0.1, 0.15) is 11.6 Å². The van der Waals surface area contributed by atoms with Crippen molar-refractivity contribution in [1.82, 2.24) is 0 Å². The molecule has 0 aromatic carbocycles.